The first kappa shape index (κ1) is 16.8. The Kier molecular flexibility index (Phi) is 4.57. The Hall–Kier alpha value is -3.07. The molecule has 0 bridgehead atoms. The van der Waals surface area contributed by atoms with Gasteiger partial charge in [-0.1, -0.05) is 24.3 Å². The summed E-state index contributed by atoms with van der Waals surface area (Å²) >= 11 is 0.538. The Morgan fingerprint density at radius 3 is 2.84 bits per heavy atom. The van der Waals surface area contributed by atoms with E-state index in [0.717, 1.165) is 11.1 Å². The molecule has 0 fully saturated rings. The van der Waals surface area contributed by atoms with Gasteiger partial charge in [0, 0.05) is 0 Å². The summed E-state index contributed by atoms with van der Waals surface area (Å²) in [7, 11) is 0. The average molecular weight is 357 g/mol. The van der Waals surface area contributed by atoms with Gasteiger partial charge in [-0.2, -0.15) is 4.98 Å². The molecule has 3 aromatic rings. The van der Waals surface area contributed by atoms with Crippen LogP contribution in [-0.4, -0.2) is 30.6 Å². The van der Waals surface area contributed by atoms with Gasteiger partial charge in [-0.25, -0.2) is 9.67 Å². The van der Waals surface area contributed by atoms with Crippen molar-refractivity contribution in [2.75, 3.05) is 0 Å². The molecule has 0 atom stereocenters. The van der Waals surface area contributed by atoms with Crippen molar-refractivity contribution in [2.24, 2.45) is 4.99 Å². The molecule has 0 saturated heterocycles. The molecule has 25 heavy (non-hydrogen) atoms. The highest BCUT2D eigenvalue weighted by Gasteiger charge is 2.13. The summed E-state index contributed by atoms with van der Waals surface area (Å²) in [5, 5.41) is 13.7. The maximum atomic E-state index is 11.8. The lowest BCUT2D eigenvalue weighted by molar-refractivity contribution is 0.487. The predicted molar refractivity (Wildman–Crippen MR) is 95.0 cm³/mol. The van der Waals surface area contributed by atoms with Gasteiger partial charge in [0.25, 0.3) is 11.5 Å². The first-order chi connectivity index (χ1) is 11.9. The second-order valence-corrected chi connectivity index (χ2v) is 6.35. The normalized spacial score (nSPS) is 11.7. The second kappa shape index (κ2) is 6.81. The van der Waals surface area contributed by atoms with Gasteiger partial charge in [0.05, 0.1) is 12.3 Å². The fourth-order valence-electron chi connectivity index (χ4n) is 2.32. The van der Waals surface area contributed by atoms with Crippen LogP contribution >= 0.6 is 11.3 Å². The van der Waals surface area contributed by atoms with Crippen LogP contribution in [0, 0.1) is 6.92 Å². The fourth-order valence-corrected chi connectivity index (χ4v) is 2.98. The third-order valence-corrected chi connectivity index (χ3v) is 4.28. The third-order valence-electron chi connectivity index (χ3n) is 3.59. The number of hydrogen-bond acceptors (Lipinski definition) is 7. The smallest absolute Gasteiger partial charge is 0.310 e. The van der Waals surface area contributed by atoms with Crippen molar-refractivity contribution < 1.29 is 5.11 Å². The number of nitrogens with one attached hydrogen (secondary N) is 1. The van der Waals surface area contributed by atoms with Crippen LogP contribution in [0.3, 0.4) is 0 Å². The molecule has 0 amide bonds. The van der Waals surface area contributed by atoms with Gasteiger partial charge < -0.3 is 5.11 Å². The number of nitrogens with zero attached hydrogens (tertiary/aromatic N) is 4. The van der Waals surface area contributed by atoms with Crippen LogP contribution < -0.4 is 10.4 Å². The lowest BCUT2D eigenvalue weighted by atomic mass is 10.1. The lowest BCUT2D eigenvalue weighted by Crippen LogP contribution is -2.22. The molecule has 0 saturated carbocycles. The number of aryl methyl sites for hydroxylation is 1. The van der Waals surface area contributed by atoms with Crippen LogP contribution in [-0.2, 0) is 6.54 Å². The first-order valence-electron chi connectivity index (χ1n) is 7.40. The molecule has 0 aliphatic rings. The summed E-state index contributed by atoms with van der Waals surface area (Å²) in [4.78, 5) is 32.8. The summed E-state index contributed by atoms with van der Waals surface area (Å²) in [5.74, 6) is 0.168. The minimum absolute atomic E-state index is 0.0557. The zero-order valence-electron chi connectivity index (χ0n) is 13.6. The highest BCUT2D eigenvalue weighted by atomic mass is 32.1. The molecule has 0 radical (unpaired) electrons. The highest BCUT2D eigenvalue weighted by molar-refractivity contribution is 7.11. The highest BCUT2D eigenvalue weighted by Crippen LogP contribution is 2.17. The van der Waals surface area contributed by atoms with E-state index in [1.54, 1.807) is 17.9 Å². The minimum Gasteiger partial charge on any atom is -0.499 e. The van der Waals surface area contributed by atoms with E-state index in [-0.39, 0.29) is 22.3 Å². The standard InChI is InChI=1S/C16H15N5O3S/c1-9-5-3-4-6-11(9)7-21-8-17-15(20-21)18-10(2)12-13(22)19-16(24)25-14(12)23/h3-6,8,23H,7H2,1-2H3,(H,19,22,24). The molecule has 128 valence electrons. The van der Waals surface area contributed by atoms with Gasteiger partial charge in [0.1, 0.15) is 11.9 Å². The van der Waals surface area contributed by atoms with Crippen LogP contribution in [0.25, 0.3) is 0 Å². The number of hydrogen-bond donors (Lipinski definition) is 2. The summed E-state index contributed by atoms with van der Waals surface area (Å²) < 4.78 is 1.64. The molecule has 2 N–H and O–H groups in total. The number of H-pyrrole nitrogens is 1. The monoisotopic (exact) mass is 357 g/mol. The van der Waals surface area contributed by atoms with E-state index in [9.17, 15) is 14.7 Å². The number of aromatic hydroxyl groups is 1. The van der Waals surface area contributed by atoms with Crippen LogP contribution in [0.1, 0.15) is 23.6 Å². The van der Waals surface area contributed by atoms with Crippen LogP contribution in [0.5, 0.6) is 5.06 Å². The van der Waals surface area contributed by atoms with E-state index >= 15 is 0 Å². The fraction of sp³-hybridized carbons (Fsp3) is 0.188. The van der Waals surface area contributed by atoms with Crippen molar-refractivity contribution in [2.45, 2.75) is 20.4 Å². The van der Waals surface area contributed by atoms with E-state index in [4.69, 9.17) is 0 Å². The van der Waals surface area contributed by atoms with Crippen molar-refractivity contribution >= 4 is 23.0 Å². The molecule has 9 heteroatoms. The van der Waals surface area contributed by atoms with Crippen LogP contribution in [0.15, 0.2) is 45.2 Å². The molecular formula is C16H15N5O3S. The zero-order chi connectivity index (χ0) is 18.0. The molecule has 0 aliphatic heterocycles. The Morgan fingerprint density at radius 2 is 2.12 bits per heavy atom. The number of benzene rings is 1. The molecule has 3 rings (SSSR count). The molecule has 1 aromatic carbocycles. The molecule has 2 heterocycles. The number of aliphatic imine (C=N–C) groups is 1. The van der Waals surface area contributed by atoms with Gasteiger partial charge in [-0.15, -0.1) is 5.10 Å². The Balaban J connectivity index is 1.88. The van der Waals surface area contributed by atoms with E-state index in [2.05, 4.69) is 20.1 Å². The quantitative estimate of drug-likeness (QED) is 0.689. The van der Waals surface area contributed by atoms with Gasteiger partial charge in [-0.3, -0.25) is 14.6 Å². The van der Waals surface area contributed by atoms with Crippen LogP contribution in [0.4, 0.5) is 5.95 Å². The van der Waals surface area contributed by atoms with Crippen molar-refractivity contribution in [3.63, 3.8) is 0 Å². The lowest BCUT2D eigenvalue weighted by Gasteiger charge is -2.04. The van der Waals surface area contributed by atoms with Crippen molar-refractivity contribution in [1.82, 2.24) is 19.7 Å². The van der Waals surface area contributed by atoms with Crippen molar-refractivity contribution in [1.29, 1.82) is 0 Å². The van der Waals surface area contributed by atoms with Gasteiger partial charge in [0.15, 0.2) is 5.06 Å². The number of aromatic nitrogens is 4. The van der Waals surface area contributed by atoms with Gasteiger partial charge in [0.2, 0.25) is 0 Å². The van der Waals surface area contributed by atoms with E-state index in [1.807, 2.05) is 31.2 Å². The Morgan fingerprint density at radius 1 is 1.36 bits per heavy atom. The number of rotatable bonds is 4. The molecule has 2 aromatic heterocycles. The molecule has 0 spiro atoms. The SMILES string of the molecule is CC(=Nc1ncn(Cc2ccccc2C)n1)c1c(O)sc(=O)[nH]c1=O. The zero-order valence-corrected chi connectivity index (χ0v) is 14.4. The topological polar surface area (TPSA) is 113 Å². The van der Waals surface area contributed by atoms with Crippen molar-refractivity contribution in [3.8, 4) is 5.06 Å². The van der Waals surface area contributed by atoms with E-state index < -0.39 is 10.4 Å². The summed E-state index contributed by atoms with van der Waals surface area (Å²) in [6, 6.07) is 7.95. The summed E-state index contributed by atoms with van der Waals surface area (Å²) in [6.45, 7) is 4.11. The second-order valence-electron chi connectivity index (χ2n) is 5.39. The maximum absolute atomic E-state index is 11.8. The summed E-state index contributed by atoms with van der Waals surface area (Å²) in [5.41, 5.74) is 1.74. The third kappa shape index (κ3) is 3.72. The molecule has 0 aliphatic carbocycles. The minimum atomic E-state index is -0.693. The molecular weight excluding hydrogens is 342 g/mol. The number of aromatic amines is 1. The Labute approximate surface area is 146 Å². The van der Waals surface area contributed by atoms with Crippen molar-refractivity contribution in [3.05, 3.63) is 67.3 Å². The van der Waals surface area contributed by atoms with Gasteiger partial charge in [-0.05, 0) is 36.3 Å². The predicted octanol–water partition coefficient (Wildman–Crippen LogP) is 1.59. The van der Waals surface area contributed by atoms with E-state index in [0.29, 0.717) is 17.9 Å². The van der Waals surface area contributed by atoms with Crippen LogP contribution in [0.2, 0.25) is 0 Å². The largest absolute Gasteiger partial charge is 0.499 e. The van der Waals surface area contributed by atoms with Gasteiger partial charge >= 0.3 is 4.87 Å². The summed E-state index contributed by atoms with van der Waals surface area (Å²) in [6.07, 6.45) is 1.55. The Bertz CT molecular complexity index is 1060. The molecule has 8 nitrogen and oxygen atoms in total. The first-order valence-corrected chi connectivity index (χ1v) is 8.21. The van der Waals surface area contributed by atoms with E-state index in [1.165, 1.54) is 0 Å². The maximum Gasteiger partial charge on any atom is 0.310 e. The average Bonchev–Trinajstić information content (AvgIpc) is 2.95. The molecule has 0 unspecified atom stereocenters.